The van der Waals surface area contributed by atoms with Crippen LogP contribution in [-0.4, -0.2) is 32.2 Å². The zero-order valence-corrected chi connectivity index (χ0v) is 11.5. The maximum absolute atomic E-state index is 11.9. The van der Waals surface area contributed by atoms with Crippen LogP contribution in [0.2, 0.25) is 0 Å². The number of nitrogens with one attached hydrogen (secondary N) is 1. The molecule has 1 atom stereocenters. The first-order chi connectivity index (χ1) is 8.72. The van der Waals surface area contributed by atoms with Crippen LogP contribution < -0.4 is 5.32 Å². The lowest BCUT2D eigenvalue weighted by molar-refractivity contribution is 0.0142. The fourth-order valence-electron chi connectivity index (χ4n) is 1.81. The SMILES string of the molecule is CCNC(CCOCC(F)F)CCc1ccsc1. The van der Waals surface area contributed by atoms with Gasteiger partial charge in [0.1, 0.15) is 6.61 Å². The van der Waals surface area contributed by atoms with E-state index in [2.05, 4.69) is 29.1 Å². The number of hydrogen-bond acceptors (Lipinski definition) is 3. The van der Waals surface area contributed by atoms with E-state index >= 15 is 0 Å². The van der Waals surface area contributed by atoms with Crippen LogP contribution in [0.3, 0.4) is 0 Å². The third-order valence-corrected chi connectivity index (χ3v) is 3.44. The molecule has 1 N–H and O–H groups in total. The molecule has 5 heteroatoms. The molecule has 0 bridgehead atoms. The summed E-state index contributed by atoms with van der Waals surface area (Å²) in [5.74, 6) is 0. The predicted molar refractivity (Wildman–Crippen MR) is 71.5 cm³/mol. The van der Waals surface area contributed by atoms with Gasteiger partial charge in [-0.05, 0) is 48.2 Å². The Kier molecular flexibility index (Phi) is 8.13. The molecule has 0 amide bonds. The summed E-state index contributed by atoms with van der Waals surface area (Å²) in [5, 5.41) is 7.59. The van der Waals surface area contributed by atoms with E-state index in [0.29, 0.717) is 12.6 Å². The van der Waals surface area contributed by atoms with E-state index < -0.39 is 13.0 Å². The monoisotopic (exact) mass is 277 g/mol. The quantitative estimate of drug-likeness (QED) is 0.662. The van der Waals surface area contributed by atoms with Crippen molar-refractivity contribution in [2.75, 3.05) is 19.8 Å². The Hall–Kier alpha value is -0.520. The van der Waals surface area contributed by atoms with E-state index in [4.69, 9.17) is 4.74 Å². The van der Waals surface area contributed by atoms with Crippen LogP contribution in [0.1, 0.15) is 25.3 Å². The van der Waals surface area contributed by atoms with Crippen molar-refractivity contribution in [1.82, 2.24) is 5.32 Å². The minimum Gasteiger partial charge on any atom is -0.375 e. The molecule has 0 spiro atoms. The van der Waals surface area contributed by atoms with Gasteiger partial charge in [-0.2, -0.15) is 11.3 Å². The van der Waals surface area contributed by atoms with Crippen LogP contribution in [0.5, 0.6) is 0 Å². The molecule has 1 unspecified atom stereocenters. The van der Waals surface area contributed by atoms with E-state index in [1.54, 1.807) is 11.3 Å². The van der Waals surface area contributed by atoms with Crippen LogP contribution in [0, 0.1) is 0 Å². The molecule has 0 aliphatic carbocycles. The molecule has 1 aromatic rings. The molecule has 0 saturated carbocycles. The van der Waals surface area contributed by atoms with Gasteiger partial charge >= 0.3 is 0 Å². The molecule has 0 fully saturated rings. The number of ether oxygens (including phenoxy) is 1. The van der Waals surface area contributed by atoms with Gasteiger partial charge in [-0.15, -0.1) is 0 Å². The molecule has 1 rings (SSSR count). The molecule has 104 valence electrons. The van der Waals surface area contributed by atoms with Crippen molar-refractivity contribution in [2.24, 2.45) is 0 Å². The van der Waals surface area contributed by atoms with Crippen LogP contribution in [-0.2, 0) is 11.2 Å². The molecule has 0 aliphatic rings. The molecule has 0 radical (unpaired) electrons. The van der Waals surface area contributed by atoms with Gasteiger partial charge in [-0.25, -0.2) is 8.78 Å². The number of alkyl halides is 2. The highest BCUT2D eigenvalue weighted by atomic mass is 32.1. The van der Waals surface area contributed by atoms with Crippen molar-refractivity contribution in [3.05, 3.63) is 22.4 Å². The Morgan fingerprint density at radius 1 is 1.39 bits per heavy atom. The van der Waals surface area contributed by atoms with E-state index in [1.807, 2.05) is 0 Å². The largest absolute Gasteiger partial charge is 0.375 e. The Labute approximate surface area is 111 Å². The molecule has 0 aliphatic heterocycles. The minimum atomic E-state index is -2.37. The predicted octanol–water partition coefficient (Wildman–Crippen LogP) is 3.33. The minimum absolute atomic E-state index is 0.340. The van der Waals surface area contributed by atoms with Crippen molar-refractivity contribution in [2.45, 2.75) is 38.7 Å². The molecular weight excluding hydrogens is 256 g/mol. The van der Waals surface area contributed by atoms with Gasteiger partial charge in [0, 0.05) is 12.6 Å². The number of hydrogen-bond donors (Lipinski definition) is 1. The lowest BCUT2D eigenvalue weighted by Crippen LogP contribution is -2.30. The molecule has 1 aromatic heterocycles. The highest BCUT2D eigenvalue weighted by molar-refractivity contribution is 7.07. The Morgan fingerprint density at radius 3 is 2.83 bits per heavy atom. The topological polar surface area (TPSA) is 21.3 Å². The first-order valence-corrected chi connectivity index (χ1v) is 7.27. The van der Waals surface area contributed by atoms with Crippen molar-refractivity contribution >= 4 is 11.3 Å². The summed E-state index contributed by atoms with van der Waals surface area (Å²) in [6, 6.07) is 2.47. The van der Waals surface area contributed by atoms with Crippen LogP contribution in [0.4, 0.5) is 8.78 Å². The first kappa shape index (κ1) is 15.5. The summed E-state index contributed by atoms with van der Waals surface area (Å²) in [6.45, 7) is 2.88. The molecular formula is C13H21F2NOS. The highest BCUT2D eigenvalue weighted by Crippen LogP contribution is 2.11. The second-order valence-corrected chi connectivity index (χ2v) is 4.96. The number of aryl methyl sites for hydroxylation is 1. The van der Waals surface area contributed by atoms with Gasteiger partial charge in [-0.1, -0.05) is 6.92 Å². The van der Waals surface area contributed by atoms with E-state index in [9.17, 15) is 8.78 Å². The van der Waals surface area contributed by atoms with E-state index in [0.717, 1.165) is 25.8 Å². The number of rotatable bonds is 10. The summed E-state index contributed by atoms with van der Waals surface area (Å²) < 4.78 is 28.7. The third-order valence-electron chi connectivity index (χ3n) is 2.71. The highest BCUT2D eigenvalue weighted by Gasteiger charge is 2.09. The van der Waals surface area contributed by atoms with Crippen LogP contribution in [0.25, 0.3) is 0 Å². The molecule has 18 heavy (non-hydrogen) atoms. The summed E-state index contributed by atoms with van der Waals surface area (Å²) >= 11 is 1.70. The van der Waals surface area contributed by atoms with E-state index in [1.165, 1.54) is 5.56 Å². The van der Waals surface area contributed by atoms with Crippen LogP contribution in [0.15, 0.2) is 16.8 Å². The number of halogens is 2. The summed E-state index contributed by atoms with van der Waals surface area (Å²) in [5.41, 5.74) is 1.34. The van der Waals surface area contributed by atoms with Crippen LogP contribution >= 0.6 is 11.3 Å². The second kappa shape index (κ2) is 9.42. The lowest BCUT2D eigenvalue weighted by atomic mass is 10.1. The maximum atomic E-state index is 11.9. The third kappa shape index (κ3) is 7.03. The summed E-state index contributed by atoms with van der Waals surface area (Å²) in [7, 11) is 0. The Balaban J connectivity index is 2.17. The van der Waals surface area contributed by atoms with Gasteiger partial charge < -0.3 is 10.1 Å². The fraction of sp³-hybridized carbons (Fsp3) is 0.692. The van der Waals surface area contributed by atoms with Crippen molar-refractivity contribution in [3.63, 3.8) is 0 Å². The first-order valence-electron chi connectivity index (χ1n) is 6.32. The summed E-state index contributed by atoms with van der Waals surface area (Å²) in [6.07, 6.45) is 0.456. The fourth-order valence-corrected chi connectivity index (χ4v) is 2.51. The molecule has 2 nitrogen and oxygen atoms in total. The maximum Gasteiger partial charge on any atom is 0.261 e. The Bertz CT molecular complexity index is 293. The van der Waals surface area contributed by atoms with Gasteiger partial charge in [0.2, 0.25) is 0 Å². The zero-order chi connectivity index (χ0) is 13.2. The van der Waals surface area contributed by atoms with Crippen molar-refractivity contribution in [3.8, 4) is 0 Å². The van der Waals surface area contributed by atoms with E-state index in [-0.39, 0.29) is 0 Å². The smallest absolute Gasteiger partial charge is 0.261 e. The Morgan fingerprint density at radius 2 is 2.22 bits per heavy atom. The average Bonchev–Trinajstić information content (AvgIpc) is 2.84. The van der Waals surface area contributed by atoms with Gasteiger partial charge in [-0.3, -0.25) is 0 Å². The lowest BCUT2D eigenvalue weighted by Gasteiger charge is -2.17. The van der Waals surface area contributed by atoms with Crippen molar-refractivity contribution < 1.29 is 13.5 Å². The normalized spacial score (nSPS) is 13.1. The van der Waals surface area contributed by atoms with Crippen molar-refractivity contribution in [1.29, 1.82) is 0 Å². The van der Waals surface area contributed by atoms with Gasteiger partial charge in [0.05, 0.1) is 0 Å². The second-order valence-electron chi connectivity index (χ2n) is 4.18. The summed E-state index contributed by atoms with van der Waals surface area (Å²) in [4.78, 5) is 0. The number of thiophene rings is 1. The molecule has 0 saturated heterocycles. The van der Waals surface area contributed by atoms with Gasteiger partial charge in [0.25, 0.3) is 6.43 Å². The standard InChI is InChI=1S/C13H21F2NOS/c1-2-16-12(5-7-17-9-13(14)15)4-3-11-6-8-18-10-11/h6,8,10,12-13,16H,2-5,7,9H2,1H3. The average molecular weight is 277 g/mol. The molecule has 0 aromatic carbocycles. The van der Waals surface area contributed by atoms with Gasteiger partial charge in [0.15, 0.2) is 0 Å². The zero-order valence-electron chi connectivity index (χ0n) is 10.7. The molecule has 1 heterocycles.